The number of carbonyl (C=O) groups is 1. The number of amides is 1. The fourth-order valence-corrected chi connectivity index (χ4v) is 1.34. The van der Waals surface area contributed by atoms with Gasteiger partial charge in [0.25, 0.3) is 5.91 Å². The number of pyridine rings is 1. The molecule has 2 rings (SSSR count). The first-order valence-electron chi connectivity index (χ1n) is 5.55. The Morgan fingerprint density at radius 3 is 2.78 bits per heavy atom. The number of carbonyl (C=O) groups excluding carboxylic acids is 1. The Bertz CT molecular complexity index is 488. The summed E-state index contributed by atoms with van der Waals surface area (Å²) in [6.07, 6.45) is 6.43. The van der Waals surface area contributed by atoms with Crippen LogP contribution in [-0.2, 0) is 0 Å². The van der Waals surface area contributed by atoms with E-state index in [9.17, 15) is 4.79 Å². The second-order valence-electron chi connectivity index (χ2n) is 3.49. The molecule has 6 nitrogen and oxygen atoms in total. The minimum Gasteiger partial charge on any atom is -0.367 e. The first kappa shape index (κ1) is 12.0. The molecule has 1 amide bonds. The average molecular weight is 243 g/mol. The summed E-state index contributed by atoms with van der Waals surface area (Å²) in [6, 6.07) is 5.22. The van der Waals surface area contributed by atoms with Crippen LogP contribution in [0, 0.1) is 0 Å². The van der Waals surface area contributed by atoms with Crippen molar-refractivity contribution in [3.05, 3.63) is 48.7 Å². The Morgan fingerprint density at radius 1 is 1.11 bits per heavy atom. The minimum absolute atomic E-state index is 0.184. The molecule has 92 valence electrons. The lowest BCUT2D eigenvalue weighted by Gasteiger charge is -2.06. The van der Waals surface area contributed by atoms with Crippen LogP contribution < -0.4 is 10.6 Å². The molecule has 0 saturated heterocycles. The zero-order valence-corrected chi connectivity index (χ0v) is 9.71. The highest BCUT2D eigenvalue weighted by atomic mass is 16.1. The summed E-state index contributed by atoms with van der Waals surface area (Å²) < 4.78 is 0. The van der Waals surface area contributed by atoms with Crippen LogP contribution in [-0.4, -0.2) is 33.9 Å². The van der Waals surface area contributed by atoms with Crippen molar-refractivity contribution in [2.45, 2.75) is 0 Å². The summed E-state index contributed by atoms with van der Waals surface area (Å²) >= 11 is 0. The van der Waals surface area contributed by atoms with E-state index in [0.29, 0.717) is 24.6 Å². The molecule has 0 radical (unpaired) electrons. The number of anilines is 1. The number of hydrogen-bond donors (Lipinski definition) is 2. The van der Waals surface area contributed by atoms with E-state index in [2.05, 4.69) is 25.6 Å². The predicted octanol–water partition coefficient (Wildman–Crippen LogP) is 0.713. The maximum atomic E-state index is 11.6. The molecule has 2 aromatic rings. The van der Waals surface area contributed by atoms with Crippen LogP contribution in [0.5, 0.6) is 0 Å². The lowest BCUT2D eigenvalue weighted by Crippen LogP contribution is -2.29. The van der Waals surface area contributed by atoms with E-state index in [1.54, 1.807) is 43.0 Å². The van der Waals surface area contributed by atoms with Gasteiger partial charge >= 0.3 is 0 Å². The third kappa shape index (κ3) is 3.51. The van der Waals surface area contributed by atoms with E-state index in [-0.39, 0.29) is 5.91 Å². The fraction of sp³-hybridized carbons (Fsp3) is 0.167. The fourth-order valence-electron chi connectivity index (χ4n) is 1.34. The van der Waals surface area contributed by atoms with Crippen molar-refractivity contribution in [2.75, 3.05) is 18.4 Å². The van der Waals surface area contributed by atoms with Gasteiger partial charge < -0.3 is 10.6 Å². The van der Waals surface area contributed by atoms with Crippen molar-refractivity contribution < 1.29 is 4.79 Å². The monoisotopic (exact) mass is 243 g/mol. The Kier molecular flexibility index (Phi) is 4.18. The van der Waals surface area contributed by atoms with Crippen molar-refractivity contribution in [3.63, 3.8) is 0 Å². The smallest absolute Gasteiger partial charge is 0.269 e. The van der Waals surface area contributed by atoms with Gasteiger partial charge in [0.1, 0.15) is 11.5 Å². The van der Waals surface area contributed by atoms with Gasteiger partial charge in [-0.1, -0.05) is 6.07 Å². The number of nitrogens with zero attached hydrogens (tertiary/aromatic N) is 3. The average Bonchev–Trinajstić information content (AvgIpc) is 2.45. The standard InChI is InChI=1S/C12H13N5O/c18-12(10-3-1-2-4-14-10)17-8-7-16-11-9-13-5-6-15-11/h1-6,9H,7-8H2,(H,15,16)(H,17,18). The first-order valence-corrected chi connectivity index (χ1v) is 5.55. The van der Waals surface area contributed by atoms with E-state index in [1.807, 2.05) is 0 Å². The molecular formula is C12H13N5O. The van der Waals surface area contributed by atoms with Gasteiger partial charge in [-0.15, -0.1) is 0 Å². The zero-order chi connectivity index (χ0) is 12.6. The quantitative estimate of drug-likeness (QED) is 0.756. The van der Waals surface area contributed by atoms with E-state index in [4.69, 9.17) is 0 Å². The van der Waals surface area contributed by atoms with Crippen LogP contribution in [0.1, 0.15) is 10.5 Å². The lowest BCUT2D eigenvalue weighted by atomic mass is 10.3. The summed E-state index contributed by atoms with van der Waals surface area (Å²) in [6.45, 7) is 1.07. The number of aromatic nitrogens is 3. The van der Waals surface area contributed by atoms with E-state index in [0.717, 1.165) is 0 Å². The van der Waals surface area contributed by atoms with Crippen LogP contribution in [0.25, 0.3) is 0 Å². The summed E-state index contributed by atoms with van der Waals surface area (Å²) in [5.41, 5.74) is 0.414. The van der Waals surface area contributed by atoms with E-state index in [1.165, 1.54) is 0 Å². The van der Waals surface area contributed by atoms with Gasteiger partial charge in [0.15, 0.2) is 0 Å². The number of hydrogen-bond acceptors (Lipinski definition) is 5. The second-order valence-corrected chi connectivity index (χ2v) is 3.49. The van der Waals surface area contributed by atoms with Crippen LogP contribution in [0.4, 0.5) is 5.82 Å². The largest absolute Gasteiger partial charge is 0.367 e. The molecule has 0 bridgehead atoms. The maximum Gasteiger partial charge on any atom is 0.269 e. The molecule has 2 aromatic heterocycles. The molecule has 2 heterocycles. The van der Waals surface area contributed by atoms with Crippen molar-refractivity contribution in [1.82, 2.24) is 20.3 Å². The molecule has 18 heavy (non-hydrogen) atoms. The molecule has 0 saturated carbocycles. The van der Waals surface area contributed by atoms with Gasteiger partial charge in [0.05, 0.1) is 6.20 Å². The van der Waals surface area contributed by atoms with Crippen molar-refractivity contribution in [2.24, 2.45) is 0 Å². The third-order valence-electron chi connectivity index (χ3n) is 2.18. The van der Waals surface area contributed by atoms with Gasteiger partial charge in [-0.3, -0.25) is 14.8 Å². The summed E-state index contributed by atoms with van der Waals surface area (Å²) in [7, 11) is 0. The highest BCUT2D eigenvalue weighted by molar-refractivity contribution is 5.92. The van der Waals surface area contributed by atoms with Gasteiger partial charge in [-0.05, 0) is 12.1 Å². The van der Waals surface area contributed by atoms with Crippen LogP contribution in [0.3, 0.4) is 0 Å². The topological polar surface area (TPSA) is 79.8 Å². The zero-order valence-electron chi connectivity index (χ0n) is 9.71. The molecule has 0 spiro atoms. The summed E-state index contributed by atoms with van der Waals surface area (Å²) in [4.78, 5) is 23.6. The Hall–Kier alpha value is -2.50. The highest BCUT2D eigenvalue weighted by Crippen LogP contribution is 1.95. The Labute approximate surface area is 105 Å². The second kappa shape index (κ2) is 6.29. The molecule has 2 N–H and O–H groups in total. The summed E-state index contributed by atoms with van der Waals surface area (Å²) in [5.74, 6) is 0.501. The SMILES string of the molecule is O=C(NCCNc1cnccn1)c1ccccn1. The number of nitrogens with one attached hydrogen (secondary N) is 2. The van der Waals surface area contributed by atoms with Crippen molar-refractivity contribution in [3.8, 4) is 0 Å². The Balaban J connectivity index is 1.72. The van der Waals surface area contributed by atoms with E-state index >= 15 is 0 Å². The van der Waals surface area contributed by atoms with Crippen LogP contribution in [0.2, 0.25) is 0 Å². The lowest BCUT2D eigenvalue weighted by molar-refractivity contribution is 0.0950. The van der Waals surface area contributed by atoms with Gasteiger partial charge in [0, 0.05) is 31.7 Å². The van der Waals surface area contributed by atoms with Gasteiger partial charge in [0.2, 0.25) is 0 Å². The maximum absolute atomic E-state index is 11.6. The van der Waals surface area contributed by atoms with Crippen LogP contribution in [0.15, 0.2) is 43.0 Å². The van der Waals surface area contributed by atoms with Gasteiger partial charge in [-0.2, -0.15) is 0 Å². The first-order chi connectivity index (χ1) is 8.86. The predicted molar refractivity (Wildman–Crippen MR) is 67.1 cm³/mol. The minimum atomic E-state index is -0.184. The molecule has 0 unspecified atom stereocenters. The highest BCUT2D eigenvalue weighted by Gasteiger charge is 2.04. The molecule has 0 aliphatic rings. The van der Waals surface area contributed by atoms with Gasteiger partial charge in [-0.25, -0.2) is 4.98 Å². The molecule has 0 aliphatic carbocycles. The molecule has 0 atom stereocenters. The molecule has 0 aliphatic heterocycles. The van der Waals surface area contributed by atoms with Crippen LogP contribution >= 0.6 is 0 Å². The molecule has 0 aromatic carbocycles. The molecule has 6 heteroatoms. The Morgan fingerprint density at radius 2 is 2.06 bits per heavy atom. The molecule has 0 fully saturated rings. The molecular weight excluding hydrogens is 230 g/mol. The van der Waals surface area contributed by atoms with Crippen molar-refractivity contribution in [1.29, 1.82) is 0 Å². The summed E-state index contributed by atoms with van der Waals surface area (Å²) in [5, 5.41) is 5.80. The number of rotatable bonds is 5. The third-order valence-corrected chi connectivity index (χ3v) is 2.18. The van der Waals surface area contributed by atoms with Crippen molar-refractivity contribution >= 4 is 11.7 Å². The normalized spacial score (nSPS) is 9.78. The van der Waals surface area contributed by atoms with E-state index < -0.39 is 0 Å².